The molecule has 1 aliphatic heterocycles. The van der Waals surface area contributed by atoms with Crippen molar-refractivity contribution in [3.8, 4) is 0 Å². The molecule has 0 unspecified atom stereocenters. The standard InChI is InChI=1S/C75H85N15O30S10/c1-111-66(101)46-26-121-122-27-47(67(102)112-2)82-58(93)38-18-12-19-39(77-38)59(94)84-50(70(105)115-5)30-125-126-31-51(71(106)116-6)86-62(97)42-22-14-23-43(79-42)63(98)88-54(74(109)119-9)34-129-130-35-55(75(110)120-10)90-65(100)45-25-15-24-44(80-45)64(99)89-53(73(108)118-8)33-128-127-32-52(72(107)117-7)87-61(96)41-21-13-20-40(78-41)60(95)85-49(69(104)114-4)29-124-123-28-48(68(103)113-3)83-57(92)37-17-11-16-36(76-37)56(91)81-46/h11-25,46-55H,26-35H2,1-10H3,(H,81,91)(H,82,93)(H,83,92)(H,84,94)(H,85,95)(H,86,97)(H,87,96)(H,88,98)(H,89,99)(H,90,100)/t46-,47-,48-,49-,50-,51-,52-,53-,54-,55-/m0/s1. The largest absolute Gasteiger partial charge is 0.467 e. The lowest BCUT2D eigenvalue weighted by Crippen LogP contribution is -2.45. The molecule has 0 saturated carbocycles. The molecule has 5 aromatic rings. The van der Waals surface area contributed by atoms with E-state index in [1.807, 2.05) is 0 Å². The Balaban J connectivity index is 1.21. The first-order valence-corrected chi connectivity index (χ1v) is 49.7. The number of fused-ring (bicyclic) bond motifs is 10. The van der Waals surface area contributed by atoms with Crippen molar-refractivity contribution in [2.45, 2.75) is 60.4 Å². The lowest BCUT2D eigenvalue weighted by Gasteiger charge is -2.19. The Morgan fingerprint density at radius 2 is 0.277 bits per heavy atom. The maximum Gasteiger partial charge on any atom is 0.329 e. The molecule has 0 aliphatic carbocycles. The summed E-state index contributed by atoms with van der Waals surface area (Å²) in [5.74, 6) is -21.4. The summed E-state index contributed by atoms with van der Waals surface area (Å²) in [5, 5.41) is 24.7. The van der Waals surface area contributed by atoms with Crippen LogP contribution in [0.5, 0.6) is 0 Å². The number of hydrogen-bond donors (Lipinski definition) is 10. The van der Waals surface area contributed by atoms with Crippen molar-refractivity contribution < 1.29 is 143 Å². The van der Waals surface area contributed by atoms with Crippen LogP contribution in [0, 0.1) is 0 Å². The summed E-state index contributed by atoms with van der Waals surface area (Å²) in [6, 6.07) is 4.50. The van der Waals surface area contributed by atoms with E-state index in [9.17, 15) is 95.9 Å². The quantitative estimate of drug-likeness (QED) is 0.0503. The predicted molar refractivity (Wildman–Crippen MR) is 478 cm³/mol. The minimum Gasteiger partial charge on any atom is -0.467 e. The Kier molecular flexibility index (Phi) is 46.5. The molecular formula is C75H85N15O30S10. The van der Waals surface area contributed by atoms with Gasteiger partial charge in [0.2, 0.25) is 0 Å². The van der Waals surface area contributed by atoms with E-state index in [4.69, 9.17) is 47.4 Å². The minimum absolute atomic E-state index is 0.233. The van der Waals surface area contributed by atoms with Gasteiger partial charge < -0.3 is 101 Å². The van der Waals surface area contributed by atoms with Crippen LogP contribution in [0.25, 0.3) is 0 Å². The maximum absolute atomic E-state index is 13.7. The molecule has 130 heavy (non-hydrogen) atoms. The number of amides is 10. The highest BCUT2D eigenvalue weighted by molar-refractivity contribution is 8.78. The molecule has 0 aromatic carbocycles. The van der Waals surface area contributed by atoms with Crippen LogP contribution in [0.2, 0.25) is 0 Å². The molecule has 0 saturated heterocycles. The minimum atomic E-state index is -1.40. The number of methoxy groups -OCH3 is 10. The van der Waals surface area contributed by atoms with Crippen molar-refractivity contribution in [2.24, 2.45) is 0 Å². The average molecular weight is 2000 g/mol. The molecule has 6 heterocycles. The lowest BCUT2D eigenvalue weighted by molar-refractivity contribution is -0.143. The summed E-state index contributed by atoms with van der Waals surface area (Å²) in [6.45, 7) is 0. The highest BCUT2D eigenvalue weighted by Crippen LogP contribution is 2.29. The predicted octanol–water partition coefficient (Wildman–Crippen LogP) is 0.0970. The van der Waals surface area contributed by atoms with E-state index in [-0.39, 0.29) is 114 Å². The van der Waals surface area contributed by atoms with E-state index >= 15 is 0 Å². The number of nitrogens with zero attached hydrogens (tertiary/aromatic N) is 5. The Labute approximate surface area is 779 Å². The normalized spacial score (nSPS) is 21.2. The van der Waals surface area contributed by atoms with Crippen LogP contribution >= 0.6 is 108 Å². The third-order valence-corrected chi connectivity index (χ3v) is 28.9. The summed E-state index contributed by atoms with van der Waals surface area (Å²) < 4.78 is 49.2. The highest BCUT2D eigenvalue weighted by Gasteiger charge is 2.35. The van der Waals surface area contributed by atoms with Gasteiger partial charge in [-0.3, -0.25) is 47.9 Å². The SMILES string of the molecule is COC(=O)[C@@H]1CSSC[C@@H](C(=O)OC)NC(=O)c2cccc(n2)C(=O)N[C@H](C(=O)OC)CSSC[C@@H](C(=O)OC)NC(=O)c2cccc(n2)C(=O)N[C@H](C(=O)OC)CSSC[C@@H](C(=O)OC)NC(=O)c2cccc(n2)C(=O)N[C@H](C(=O)OC)CSSC[C@@H](C(=O)OC)NC(=O)c2cccc(n2)C(=O)N[C@H](C(=O)OC)CSSC[C@@H](C(=O)OC)NC(=O)c2cccc(n2)C(=O)N1. The molecule has 10 bridgehead atoms. The number of rotatable bonds is 10. The summed E-state index contributed by atoms with van der Waals surface area (Å²) in [4.78, 5) is 289. The first-order valence-electron chi connectivity index (χ1n) is 37.2. The first kappa shape index (κ1) is 107. The van der Waals surface area contributed by atoms with Gasteiger partial charge in [-0.1, -0.05) is 138 Å². The molecule has 1 aliphatic rings. The fourth-order valence-corrected chi connectivity index (χ4v) is 21.5. The van der Waals surface area contributed by atoms with E-state index in [0.29, 0.717) is 0 Å². The van der Waals surface area contributed by atoms with Gasteiger partial charge in [-0.05, 0) is 60.7 Å². The molecule has 6 rings (SSSR count). The summed E-state index contributed by atoms with van der Waals surface area (Å²) >= 11 is 0. The summed E-state index contributed by atoms with van der Waals surface area (Å²) in [6.07, 6.45) is 0. The van der Waals surface area contributed by atoms with Gasteiger partial charge in [0.1, 0.15) is 117 Å². The summed E-state index contributed by atoms with van der Waals surface area (Å²) in [7, 11) is 19.9. The maximum atomic E-state index is 13.7. The number of nitrogens with one attached hydrogen (secondary N) is 10. The number of carbonyl (C=O) groups is 20. The molecule has 700 valence electrons. The monoisotopic (exact) mass is 2000 g/mol. The molecule has 10 N–H and O–H groups in total. The number of esters is 10. The lowest BCUT2D eigenvalue weighted by atomic mass is 10.2. The van der Waals surface area contributed by atoms with Crippen LogP contribution in [0.1, 0.15) is 105 Å². The topological polar surface area (TPSA) is 618 Å². The van der Waals surface area contributed by atoms with Gasteiger partial charge in [-0.25, -0.2) is 72.9 Å². The van der Waals surface area contributed by atoms with Crippen LogP contribution in [-0.2, 0) is 95.3 Å². The van der Waals surface area contributed by atoms with Gasteiger partial charge in [0.25, 0.3) is 59.1 Å². The molecule has 10 amide bonds. The van der Waals surface area contributed by atoms with E-state index < -0.39 is 179 Å². The third kappa shape index (κ3) is 34.2. The van der Waals surface area contributed by atoms with Crippen molar-refractivity contribution >= 4 is 227 Å². The molecule has 0 fully saturated rings. The van der Waals surface area contributed by atoms with Crippen molar-refractivity contribution in [3.63, 3.8) is 0 Å². The van der Waals surface area contributed by atoms with Gasteiger partial charge in [-0.15, -0.1) is 0 Å². The van der Waals surface area contributed by atoms with Gasteiger partial charge in [0.15, 0.2) is 0 Å². The third-order valence-electron chi connectivity index (χ3n) is 16.7. The molecule has 0 spiro atoms. The van der Waals surface area contributed by atoms with E-state index in [1.54, 1.807) is 0 Å². The van der Waals surface area contributed by atoms with E-state index in [0.717, 1.165) is 179 Å². The molecule has 55 heteroatoms. The van der Waals surface area contributed by atoms with Crippen LogP contribution in [-0.4, -0.2) is 333 Å². The number of aromatic nitrogens is 5. The number of carbonyl (C=O) groups excluding carboxylic acids is 20. The van der Waals surface area contributed by atoms with Gasteiger partial charge in [0.05, 0.1) is 71.1 Å². The smallest absolute Gasteiger partial charge is 0.329 e. The van der Waals surface area contributed by atoms with Crippen LogP contribution < -0.4 is 53.2 Å². The zero-order valence-electron chi connectivity index (χ0n) is 70.1. The Morgan fingerprint density at radius 3 is 0.354 bits per heavy atom. The van der Waals surface area contributed by atoms with Gasteiger partial charge in [0, 0.05) is 57.5 Å². The van der Waals surface area contributed by atoms with E-state index in [2.05, 4.69) is 78.1 Å². The average Bonchev–Trinajstić information content (AvgIpc) is 0.859. The first-order chi connectivity index (χ1) is 62.3. The molecule has 10 atom stereocenters. The Bertz CT molecular complexity index is 3990. The second kappa shape index (κ2) is 56.3. The number of hydrogen-bond acceptors (Lipinski definition) is 45. The zero-order valence-corrected chi connectivity index (χ0v) is 78.2. The van der Waals surface area contributed by atoms with Crippen LogP contribution in [0.15, 0.2) is 91.0 Å². The second-order valence-electron chi connectivity index (χ2n) is 25.4. The van der Waals surface area contributed by atoms with Crippen molar-refractivity contribution in [1.29, 1.82) is 0 Å². The van der Waals surface area contributed by atoms with Crippen molar-refractivity contribution in [1.82, 2.24) is 78.1 Å². The van der Waals surface area contributed by atoms with E-state index in [1.165, 1.54) is 91.0 Å². The molecule has 45 nitrogen and oxygen atoms in total. The van der Waals surface area contributed by atoms with Crippen LogP contribution in [0.4, 0.5) is 0 Å². The van der Waals surface area contributed by atoms with Crippen molar-refractivity contribution in [2.75, 3.05) is 129 Å². The van der Waals surface area contributed by atoms with Crippen molar-refractivity contribution in [3.05, 3.63) is 148 Å². The number of pyridine rings is 5. The molecule has 5 aromatic heterocycles. The highest BCUT2D eigenvalue weighted by atomic mass is 33.1. The molecular weight excluding hydrogens is 1910 g/mol. The molecule has 0 radical (unpaired) electrons. The fraction of sp³-hybridized carbons (Fsp3) is 0.400. The second-order valence-corrected chi connectivity index (χ2v) is 38.1. The fourth-order valence-electron chi connectivity index (χ4n) is 10.0. The Hall–Kier alpha value is -11.4. The summed E-state index contributed by atoms with van der Waals surface area (Å²) in [5.41, 5.74) is -3.83. The van der Waals surface area contributed by atoms with Gasteiger partial charge >= 0.3 is 59.7 Å². The van der Waals surface area contributed by atoms with Gasteiger partial charge in [-0.2, -0.15) is 0 Å². The Morgan fingerprint density at radius 1 is 0.192 bits per heavy atom. The van der Waals surface area contributed by atoms with Crippen LogP contribution in [0.3, 0.4) is 0 Å². The number of ether oxygens (including phenoxy) is 10. The zero-order chi connectivity index (χ0) is 95.5.